The van der Waals surface area contributed by atoms with Gasteiger partial charge < -0.3 is 14.8 Å². The summed E-state index contributed by atoms with van der Waals surface area (Å²) in [6.45, 7) is 0. The van der Waals surface area contributed by atoms with Gasteiger partial charge in [0.05, 0.1) is 14.2 Å². The summed E-state index contributed by atoms with van der Waals surface area (Å²) in [5.41, 5.74) is 1.04. The van der Waals surface area contributed by atoms with Crippen molar-refractivity contribution in [3.8, 4) is 5.75 Å². The molecule has 0 saturated carbocycles. The van der Waals surface area contributed by atoms with Crippen LogP contribution in [0.1, 0.15) is 12.0 Å². The largest absolute Gasteiger partial charge is 0.497 e. The predicted molar refractivity (Wildman–Crippen MR) is 76.0 cm³/mol. The number of carbonyl (C=O) groups excluding carboxylic acids is 2. The molecule has 5 nitrogen and oxygen atoms in total. The SMILES string of the molecule is COC(=O)C(CCc1ccc(OC)cc1)NC(=O)CCl. The second-order valence-corrected chi connectivity index (χ2v) is 4.43. The summed E-state index contributed by atoms with van der Waals surface area (Å²) in [6.07, 6.45) is 1.08. The number of carbonyl (C=O) groups is 2. The molecule has 1 N–H and O–H groups in total. The minimum absolute atomic E-state index is 0.184. The first-order valence-corrected chi connectivity index (χ1v) is 6.70. The van der Waals surface area contributed by atoms with Crippen LogP contribution in [-0.2, 0) is 20.7 Å². The Morgan fingerprint density at radius 2 is 1.90 bits per heavy atom. The van der Waals surface area contributed by atoms with Crippen molar-refractivity contribution in [3.63, 3.8) is 0 Å². The van der Waals surface area contributed by atoms with Crippen LogP contribution < -0.4 is 10.1 Å². The van der Waals surface area contributed by atoms with Gasteiger partial charge in [0.1, 0.15) is 17.7 Å². The van der Waals surface area contributed by atoms with Crippen molar-refractivity contribution in [1.82, 2.24) is 5.32 Å². The van der Waals surface area contributed by atoms with E-state index in [0.29, 0.717) is 12.8 Å². The highest BCUT2D eigenvalue weighted by atomic mass is 35.5. The predicted octanol–water partition coefficient (Wildman–Crippen LogP) is 1.52. The molecular formula is C14H18ClNO4. The molecule has 0 aliphatic rings. The van der Waals surface area contributed by atoms with Crippen LogP contribution in [0.2, 0.25) is 0 Å². The summed E-state index contributed by atoms with van der Waals surface area (Å²) >= 11 is 5.42. The van der Waals surface area contributed by atoms with Gasteiger partial charge in [-0.3, -0.25) is 4.79 Å². The molecule has 0 radical (unpaired) electrons. The number of amides is 1. The van der Waals surface area contributed by atoms with Gasteiger partial charge in [-0.2, -0.15) is 0 Å². The topological polar surface area (TPSA) is 64.6 Å². The Kier molecular flexibility index (Phi) is 6.87. The van der Waals surface area contributed by atoms with Gasteiger partial charge in [-0.25, -0.2) is 4.79 Å². The number of methoxy groups -OCH3 is 2. The number of rotatable bonds is 7. The molecule has 0 heterocycles. The smallest absolute Gasteiger partial charge is 0.328 e. The van der Waals surface area contributed by atoms with Crippen molar-refractivity contribution in [1.29, 1.82) is 0 Å². The van der Waals surface area contributed by atoms with Gasteiger partial charge in [-0.1, -0.05) is 12.1 Å². The van der Waals surface area contributed by atoms with Gasteiger partial charge in [-0.05, 0) is 30.5 Å². The third-order valence-corrected chi connectivity index (χ3v) is 3.07. The van der Waals surface area contributed by atoms with Crippen LogP contribution >= 0.6 is 11.6 Å². The first kappa shape index (κ1) is 16.3. The first-order valence-electron chi connectivity index (χ1n) is 6.16. The highest BCUT2D eigenvalue weighted by molar-refractivity contribution is 6.27. The van der Waals surface area contributed by atoms with Crippen molar-refractivity contribution >= 4 is 23.5 Å². The molecule has 1 atom stereocenters. The van der Waals surface area contributed by atoms with Crippen LogP contribution in [0, 0.1) is 0 Å². The summed E-state index contributed by atoms with van der Waals surface area (Å²) in [5, 5.41) is 2.54. The molecule has 1 amide bonds. The summed E-state index contributed by atoms with van der Waals surface area (Å²) in [7, 11) is 2.89. The van der Waals surface area contributed by atoms with E-state index >= 15 is 0 Å². The lowest BCUT2D eigenvalue weighted by molar-refractivity contribution is -0.145. The molecule has 0 spiro atoms. The van der Waals surface area contributed by atoms with Crippen LogP contribution in [0.15, 0.2) is 24.3 Å². The molecule has 6 heteroatoms. The van der Waals surface area contributed by atoms with Crippen molar-refractivity contribution in [2.24, 2.45) is 0 Å². The minimum atomic E-state index is -0.687. The van der Waals surface area contributed by atoms with Crippen molar-refractivity contribution in [2.45, 2.75) is 18.9 Å². The molecule has 0 aliphatic heterocycles. The average molecular weight is 300 g/mol. The summed E-state index contributed by atoms with van der Waals surface area (Å²) in [4.78, 5) is 22.9. The molecule has 1 unspecified atom stereocenters. The van der Waals surface area contributed by atoms with Gasteiger partial charge in [0.2, 0.25) is 5.91 Å². The van der Waals surface area contributed by atoms with E-state index in [2.05, 4.69) is 10.1 Å². The Balaban J connectivity index is 2.60. The van der Waals surface area contributed by atoms with Gasteiger partial charge in [-0.15, -0.1) is 11.6 Å². The normalized spacial score (nSPS) is 11.6. The van der Waals surface area contributed by atoms with Gasteiger partial charge in [0.15, 0.2) is 0 Å². The van der Waals surface area contributed by atoms with Crippen molar-refractivity contribution in [2.75, 3.05) is 20.1 Å². The van der Waals surface area contributed by atoms with Gasteiger partial charge >= 0.3 is 5.97 Å². The summed E-state index contributed by atoms with van der Waals surface area (Å²) in [5.74, 6) is -0.279. The maximum atomic E-state index is 11.6. The van der Waals surface area contributed by atoms with E-state index in [1.165, 1.54) is 7.11 Å². The van der Waals surface area contributed by atoms with Crippen LogP contribution in [0.3, 0.4) is 0 Å². The maximum absolute atomic E-state index is 11.6. The van der Waals surface area contributed by atoms with Gasteiger partial charge in [0.25, 0.3) is 0 Å². The number of alkyl halides is 1. The van der Waals surface area contributed by atoms with E-state index in [-0.39, 0.29) is 5.88 Å². The molecule has 1 aromatic carbocycles. The molecule has 20 heavy (non-hydrogen) atoms. The number of nitrogens with one attached hydrogen (secondary N) is 1. The number of aryl methyl sites for hydroxylation is 1. The third kappa shape index (κ3) is 5.09. The Morgan fingerprint density at radius 1 is 1.25 bits per heavy atom. The Hall–Kier alpha value is -1.75. The van der Waals surface area contributed by atoms with E-state index < -0.39 is 17.9 Å². The zero-order valence-corrected chi connectivity index (χ0v) is 12.3. The average Bonchev–Trinajstić information content (AvgIpc) is 2.50. The van der Waals surface area contributed by atoms with Gasteiger partial charge in [0, 0.05) is 0 Å². The zero-order chi connectivity index (χ0) is 15.0. The fourth-order valence-corrected chi connectivity index (χ4v) is 1.80. The lowest BCUT2D eigenvalue weighted by atomic mass is 10.0. The number of esters is 1. The maximum Gasteiger partial charge on any atom is 0.328 e. The van der Waals surface area contributed by atoms with Crippen LogP contribution in [0.5, 0.6) is 5.75 Å². The van der Waals surface area contributed by atoms with E-state index in [1.54, 1.807) is 7.11 Å². The Bertz CT molecular complexity index is 447. The number of hydrogen-bond donors (Lipinski definition) is 1. The van der Waals surface area contributed by atoms with Crippen molar-refractivity contribution < 1.29 is 19.1 Å². The fourth-order valence-electron chi connectivity index (χ4n) is 1.73. The third-order valence-electron chi connectivity index (χ3n) is 2.82. The van der Waals surface area contributed by atoms with Crippen molar-refractivity contribution in [3.05, 3.63) is 29.8 Å². The molecule has 1 aromatic rings. The number of ether oxygens (including phenoxy) is 2. The standard InChI is InChI=1S/C14H18ClNO4/c1-19-11-6-3-10(4-7-11)5-8-12(14(18)20-2)16-13(17)9-15/h3-4,6-7,12H,5,8-9H2,1-2H3,(H,16,17). The fraction of sp³-hybridized carbons (Fsp3) is 0.429. The molecule has 110 valence electrons. The Labute approximate surface area is 123 Å². The molecule has 0 aromatic heterocycles. The quantitative estimate of drug-likeness (QED) is 0.612. The molecule has 0 aliphatic carbocycles. The second kappa shape index (κ2) is 8.43. The molecule has 0 fully saturated rings. The number of benzene rings is 1. The van der Waals surface area contributed by atoms with E-state index in [4.69, 9.17) is 16.3 Å². The highest BCUT2D eigenvalue weighted by Crippen LogP contribution is 2.13. The lowest BCUT2D eigenvalue weighted by Crippen LogP contribution is -2.42. The minimum Gasteiger partial charge on any atom is -0.497 e. The molecule has 0 saturated heterocycles. The Morgan fingerprint density at radius 3 is 2.40 bits per heavy atom. The van der Waals surface area contributed by atoms with Crippen LogP contribution in [-0.4, -0.2) is 38.0 Å². The highest BCUT2D eigenvalue weighted by Gasteiger charge is 2.20. The van der Waals surface area contributed by atoms with Crippen LogP contribution in [0.25, 0.3) is 0 Å². The second-order valence-electron chi connectivity index (χ2n) is 4.16. The monoisotopic (exact) mass is 299 g/mol. The lowest BCUT2D eigenvalue weighted by Gasteiger charge is -2.15. The molecular weight excluding hydrogens is 282 g/mol. The summed E-state index contributed by atoms with van der Waals surface area (Å²) < 4.78 is 9.74. The van der Waals surface area contributed by atoms with E-state index in [1.807, 2.05) is 24.3 Å². The first-order chi connectivity index (χ1) is 9.60. The molecule has 1 rings (SSSR count). The van der Waals surface area contributed by atoms with E-state index in [0.717, 1.165) is 11.3 Å². The zero-order valence-electron chi connectivity index (χ0n) is 11.5. The van der Waals surface area contributed by atoms with E-state index in [9.17, 15) is 9.59 Å². The number of hydrogen-bond acceptors (Lipinski definition) is 4. The van der Waals surface area contributed by atoms with Crippen LogP contribution in [0.4, 0.5) is 0 Å². The molecule has 0 bridgehead atoms. The summed E-state index contributed by atoms with van der Waals surface area (Å²) in [6, 6.07) is 6.83. The number of halogens is 1.